The second-order valence-electron chi connectivity index (χ2n) is 4.49. The van der Waals surface area contributed by atoms with Crippen LogP contribution < -0.4 is 9.47 Å². The first-order valence-corrected chi connectivity index (χ1v) is 6.63. The average molecular weight is 273 g/mol. The number of aliphatic hydroxyl groups is 1. The summed E-state index contributed by atoms with van der Waals surface area (Å²) in [6.45, 7) is 4.77. The third kappa shape index (κ3) is 3.48. The standard InChI is InChI=1S/C16H19NO3/c1-3-19-15-6-4-5-14(10-18)16(15)20-11-13-7-12(2)8-17-9-13/h4-9,18H,3,10-11H2,1-2H3. The highest BCUT2D eigenvalue weighted by atomic mass is 16.5. The van der Waals surface area contributed by atoms with Crippen LogP contribution >= 0.6 is 0 Å². The van der Waals surface area contributed by atoms with Crippen molar-refractivity contribution in [3.63, 3.8) is 0 Å². The zero-order chi connectivity index (χ0) is 14.4. The summed E-state index contributed by atoms with van der Waals surface area (Å²) in [7, 11) is 0. The normalized spacial score (nSPS) is 10.3. The molecule has 1 heterocycles. The maximum atomic E-state index is 9.40. The highest BCUT2D eigenvalue weighted by Crippen LogP contribution is 2.32. The lowest BCUT2D eigenvalue weighted by molar-refractivity contribution is 0.243. The Kier molecular flexibility index (Phi) is 4.96. The topological polar surface area (TPSA) is 51.6 Å². The van der Waals surface area contributed by atoms with Crippen LogP contribution in [-0.2, 0) is 13.2 Å². The Morgan fingerprint density at radius 1 is 1.20 bits per heavy atom. The van der Waals surface area contributed by atoms with Crippen molar-refractivity contribution in [2.24, 2.45) is 0 Å². The molecule has 4 nitrogen and oxygen atoms in total. The number of rotatable bonds is 6. The molecule has 1 N–H and O–H groups in total. The van der Waals surface area contributed by atoms with Gasteiger partial charge in [-0.1, -0.05) is 12.1 Å². The molecule has 2 rings (SSSR count). The molecule has 0 aliphatic carbocycles. The minimum atomic E-state index is -0.0810. The lowest BCUT2D eigenvalue weighted by Gasteiger charge is -2.15. The number of benzene rings is 1. The van der Waals surface area contributed by atoms with E-state index in [1.165, 1.54) is 0 Å². The Morgan fingerprint density at radius 2 is 2.05 bits per heavy atom. The van der Waals surface area contributed by atoms with E-state index in [4.69, 9.17) is 9.47 Å². The monoisotopic (exact) mass is 273 g/mol. The molecule has 1 aromatic heterocycles. The molecule has 0 spiro atoms. The van der Waals surface area contributed by atoms with E-state index in [9.17, 15) is 5.11 Å². The predicted octanol–water partition coefficient (Wildman–Crippen LogP) is 2.86. The zero-order valence-corrected chi connectivity index (χ0v) is 11.8. The van der Waals surface area contributed by atoms with Crippen molar-refractivity contribution in [1.29, 1.82) is 0 Å². The van der Waals surface area contributed by atoms with E-state index in [1.807, 2.05) is 38.1 Å². The lowest BCUT2D eigenvalue weighted by Crippen LogP contribution is -2.03. The van der Waals surface area contributed by atoms with Crippen LogP contribution in [0, 0.1) is 6.92 Å². The number of hydrogen-bond donors (Lipinski definition) is 1. The van der Waals surface area contributed by atoms with Gasteiger partial charge in [0, 0.05) is 23.5 Å². The smallest absolute Gasteiger partial charge is 0.167 e. The van der Waals surface area contributed by atoms with E-state index < -0.39 is 0 Å². The maximum absolute atomic E-state index is 9.40. The van der Waals surface area contributed by atoms with Crippen LogP contribution in [0.5, 0.6) is 11.5 Å². The van der Waals surface area contributed by atoms with E-state index in [0.29, 0.717) is 24.7 Å². The minimum Gasteiger partial charge on any atom is -0.490 e. The minimum absolute atomic E-state index is 0.0810. The summed E-state index contributed by atoms with van der Waals surface area (Å²) >= 11 is 0. The molecule has 0 bridgehead atoms. The zero-order valence-electron chi connectivity index (χ0n) is 11.8. The van der Waals surface area contributed by atoms with E-state index in [-0.39, 0.29) is 6.61 Å². The molecule has 0 aliphatic heterocycles. The second-order valence-corrected chi connectivity index (χ2v) is 4.49. The first-order chi connectivity index (χ1) is 9.74. The fourth-order valence-electron chi connectivity index (χ4n) is 1.97. The molecule has 1 aromatic carbocycles. The SMILES string of the molecule is CCOc1cccc(CO)c1OCc1cncc(C)c1. The summed E-state index contributed by atoms with van der Waals surface area (Å²) in [5.74, 6) is 1.25. The highest BCUT2D eigenvalue weighted by Gasteiger charge is 2.10. The number of pyridine rings is 1. The van der Waals surface area contributed by atoms with Gasteiger partial charge < -0.3 is 14.6 Å². The Balaban J connectivity index is 2.19. The summed E-state index contributed by atoms with van der Waals surface area (Å²) in [6.07, 6.45) is 3.58. The summed E-state index contributed by atoms with van der Waals surface area (Å²) < 4.78 is 11.4. The Labute approximate surface area is 119 Å². The van der Waals surface area contributed by atoms with E-state index in [2.05, 4.69) is 4.98 Å². The molecule has 0 saturated heterocycles. The molecule has 0 atom stereocenters. The van der Waals surface area contributed by atoms with Crippen molar-refractivity contribution in [2.45, 2.75) is 27.1 Å². The Bertz CT molecular complexity index is 569. The average Bonchev–Trinajstić information content (AvgIpc) is 2.46. The van der Waals surface area contributed by atoms with Crippen LogP contribution in [-0.4, -0.2) is 16.7 Å². The van der Waals surface area contributed by atoms with Gasteiger partial charge in [0.2, 0.25) is 0 Å². The van der Waals surface area contributed by atoms with Crippen molar-refractivity contribution in [1.82, 2.24) is 4.98 Å². The van der Waals surface area contributed by atoms with Gasteiger partial charge in [-0.15, -0.1) is 0 Å². The summed E-state index contributed by atoms with van der Waals surface area (Å²) in [5, 5.41) is 9.40. The van der Waals surface area contributed by atoms with Crippen molar-refractivity contribution >= 4 is 0 Å². The molecule has 0 saturated carbocycles. The van der Waals surface area contributed by atoms with E-state index >= 15 is 0 Å². The number of aliphatic hydroxyl groups excluding tert-OH is 1. The fraction of sp³-hybridized carbons (Fsp3) is 0.312. The number of hydrogen-bond acceptors (Lipinski definition) is 4. The van der Waals surface area contributed by atoms with Crippen LogP contribution in [0.25, 0.3) is 0 Å². The molecular formula is C16H19NO3. The molecule has 0 aliphatic rings. The first-order valence-electron chi connectivity index (χ1n) is 6.63. The number of para-hydroxylation sites is 1. The largest absolute Gasteiger partial charge is 0.490 e. The van der Waals surface area contributed by atoms with Gasteiger partial charge in [-0.3, -0.25) is 4.98 Å². The van der Waals surface area contributed by atoms with Crippen LogP contribution in [0.4, 0.5) is 0 Å². The Hall–Kier alpha value is -2.07. The lowest BCUT2D eigenvalue weighted by atomic mass is 10.2. The van der Waals surface area contributed by atoms with Crippen LogP contribution in [0.15, 0.2) is 36.7 Å². The van der Waals surface area contributed by atoms with Crippen LogP contribution in [0.1, 0.15) is 23.6 Å². The highest BCUT2D eigenvalue weighted by molar-refractivity contribution is 5.46. The van der Waals surface area contributed by atoms with Gasteiger partial charge in [0.15, 0.2) is 11.5 Å². The number of aromatic nitrogens is 1. The molecule has 0 fully saturated rings. The van der Waals surface area contributed by atoms with Crippen LogP contribution in [0.2, 0.25) is 0 Å². The molecule has 0 radical (unpaired) electrons. The third-order valence-corrected chi connectivity index (χ3v) is 2.85. The third-order valence-electron chi connectivity index (χ3n) is 2.85. The van der Waals surface area contributed by atoms with Crippen molar-refractivity contribution in [2.75, 3.05) is 6.61 Å². The van der Waals surface area contributed by atoms with E-state index in [1.54, 1.807) is 12.4 Å². The van der Waals surface area contributed by atoms with Gasteiger partial charge in [-0.2, -0.15) is 0 Å². The fourth-order valence-corrected chi connectivity index (χ4v) is 1.97. The molecule has 20 heavy (non-hydrogen) atoms. The number of nitrogens with zero attached hydrogens (tertiary/aromatic N) is 1. The maximum Gasteiger partial charge on any atom is 0.167 e. The van der Waals surface area contributed by atoms with Crippen molar-refractivity contribution in [3.8, 4) is 11.5 Å². The van der Waals surface area contributed by atoms with Gasteiger partial charge >= 0.3 is 0 Å². The van der Waals surface area contributed by atoms with Gasteiger partial charge in [0.05, 0.1) is 13.2 Å². The molecule has 2 aromatic rings. The summed E-state index contributed by atoms with van der Waals surface area (Å²) in [4.78, 5) is 4.14. The van der Waals surface area contributed by atoms with E-state index in [0.717, 1.165) is 16.7 Å². The Morgan fingerprint density at radius 3 is 2.75 bits per heavy atom. The molecule has 0 unspecified atom stereocenters. The first kappa shape index (κ1) is 14.3. The van der Waals surface area contributed by atoms with Crippen LogP contribution in [0.3, 0.4) is 0 Å². The van der Waals surface area contributed by atoms with Crippen molar-refractivity contribution in [3.05, 3.63) is 53.3 Å². The van der Waals surface area contributed by atoms with Gasteiger partial charge in [0.1, 0.15) is 6.61 Å². The van der Waals surface area contributed by atoms with Crippen molar-refractivity contribution < 1.29 is 14.6 Å². The number of aryl methyl sites for hydroxylation is 1. The molecule has 4 heteroatoms. The summed E-state index contributed by atoms with van der Waals surface area (Å²) in [5.41, 5.74) is 2.79. The predicted molar refractivity (Wildman–Crippen MR) is 76.8 cm³/mol. The van der Waals surface area contributed by atoms with Gasteiger partial charge in [0.25, 0.3) is 0 Å². The molecule has 106 valence electrons. The van der Waals surface area contributed by atoms with Gasteiger partial charge in [-0.05, 0) is 31.5 Å². The summed E-state index contributed by atoms with van der Waals surface area (Å²) in [6, 6.07) is 7.53. The van der Waals surface area contributed by atoms with Gasteiger partial charge in [-0.25, -0.2) is 0 Å². The second kappa shape index (κ2) is 6.91. The molecule has 0 amide bonds. The molecular weight excluding hydrogens is 254 g/mol. The number of ether oxygens (including phenoxy) is 2. The quantitative estimate of drug-likeness (QED) is 0.879.